The SMILES string of the molecule is CCN(C(=O)OC(C)(C)C)C1CCCN(CCN)C1. The first-order valence-electron chi connectivity index (χ1n) is 7.29. The normalized spacial score (nSPS) is 21.2. The maximum atomic E-state index is 12.2. The van der Waals surface area contributed by atoms with Gasteiger partial charge in [0, 0.05) is 32.2 Å². The fourth-order valence-corrected chi connectivity index (χ4v) is 2.53. The summed E-state index contributed by atoms with van der Waals surface area (Å²) in [6, 6.07) is 0.250. The molecule has 0 spiro atoms. The quantitative estimate of drug-likeness (QED) is 0.845. The maximum absolute atomic E-state index is 12.2. The van der Waals surface area contributed by atoms with Crippen molar-refractivity contribution in [2.45, 2.75) is 52.2 Å². The average Bonchev–Trinajstić information content (AvgIpc) is 2.28. The van der Waals surface area contributed by atoms with Gasteiger partial charge in [0.15, 0.2) is 0 Å². The molecule has 0 aromatic rings. The molecule has 0 bridgehead atoms. The molecule has 1 heterocycles. The number of amides is 1. The van der Waals surface area contributed by atoms with Crippen molar-refractivity contribution in [3.8, 4) is 0 Å². The van der Waals surface area contributed by atoms with Gasteiger partial charge in [-0.2, -0.15) is 0 Å². The summed E-state index contributed by atoms with van der Waals surface area (Å²) in [6.07, 6.45) is 1.97. The molecule has 0 radical (unpaired) electrons. The first kappa shape index (κ1) is 16.2. The first-order chi connectivity index (χ1) is 8.87. The van der Waals surface area contributed by atoms with E-state index in [2.05, 4.69) is 4.90 Å². The Labute approximate surface area is 117 Å². The van der Waals surface area contributed by atoms with Gasteiger partial charge in [-0.3, -0.25) is 0 Å². The third-order valence-corrected chi connectivity index (χ3v) is 3.34. The minimum Gasteiger partial charge on any atom is -0.444 e. The molecule has 1 amide bonds. The number of likely N-dealkylation sites (tertiary alicyclic amines) is 1. The zero-order valence-corrected chi connectivity index (χ0v) is 12.8. The van der Waals surface area contributed by atoms with Crippen molar-refractivity contribution in [2.75, 3.05) is 32.7 Å². The zero-order chi connectivity index (χ0) is 14.5. The molecule has 1 rings (SSSR count). The van der Waals surface area contributed by atoms with E-state index in [0.29, 0.717) is 13.1 Å². The third-order valence-electron chi connectivity index (χ3n) is 3.34. The van der Waals surface area contributed by atoms with E-state index in [0.717, 1.165) is 32.5 Å². The number of rotatable bonds is 4. The summed E-state index contributed by atoms with van der Waals surface area (Å²) in [5.41, 5.74) is 5.18. The predicted molar refractivity (Wildman–Crippen MR) is 77.1 cm³/mol. The van der Waals surface area contributed by atoms with Crippen molar-refractivity contribution in [3.63, 3.8) is 0 Å². The third kappa shape index (κ3) is 5.37. The lowest BCUT2D eigenvalue weighted by Crippen LogP contribution is -2.52. The van der Waals surface area contributed by atoms with Crippen molar-refractivity contribution in [1.82, 2.24) is 9.80 Å². The Morgan fingerprint density at radius 1 is 1.47 bits per heavy atom. The highest BCUT2D eigenvalue weighted by Crippen LogP contribution is 2.18. The first-order valence-corrected chi connectivity index (χ1v) is 7.29. The van der Waals surface area contributed by atoms with Crippen LogP contribution in [0, 0.1) is 0 Å². The molecule has 19 heavy (non-hydrogen) atoms. The van der Waals surface area contributed by atoms with E-state index in [1.807, 2.05) is 32.6 Å². The number of carbonyl (C=O) groups is 1. The smallest absolute Gasteiger partial charge is 0.410 e. The van der Waals surface area contributed by atoms with Gasteiger partial charge in [0.25, 0.3) is 0 Å². The van der Waals surface area contributed by atoms with Crippen molar-refractivity contribution < 1.29 is 9.53 Å². The standard InChI is InChI=1S/C14H29N3O2/c1-5-17(13(18)19-14(2,3)4)12-7-6-9-16(11-12)10-8-15/h12H,5-11,15H2,1-4H3. The van der Waals surface area contributed by atoms with Gasteiger partial charge in [0.2, 0.25) is 0 Å². The van der Waals surface area contributed by atoms with Gasteiger partial charge >= 0.3 is 6.09 Å². The van der Waals surface area contributed by atoms with E-state index in [9.17, 15) is 4.79 Å². The van der Waals surface area contributed by atoms with E-state index < -0.39 is 5.60 Å². The molecule has 1 saturated heterocycles. The molecular formula is C14H29N3O2. The number of carbonyl (C=O) groups excluding carboxylic acids is 1. The van der Waals surface area contributed by atoms with E-state index >= 15 is 0 Å². The van der Waals surface area contributed by atoms with Crippen LogP contribution in [0.4, 0.5) is 4.79 Å². The van der Waals surface area contributed by atoms with Gasteiger partial charge in [0.05, 0.1) is 0 Å². The Hall–Kier alpha value is -0.810. The number of nitrogens with zero attached hydrogens (tertiary/aromatic N) is 2. The van der Waals surface area contributed by atoms with Crippen LogP contribution in [0.3, 0.4) is 0 Å². The summed E-state index contributed by atoms with van der Waals surface area (Å²) in [4.78, 5) is 16.4. The van der Waals surface area contributed by atoms with Crippen molar-refractivity contribution in [1.29, 1.82) is 0 Å². The number of hydrogen-bond acceptors (Lipinski definition) is 4. The van der Waals surface area contributed by atoms with Gasteiger partial charge in [-0.1, -0.05) is 0 Å². The lowest BCUT2D eigenvalue weighted by Gasteiger charge is -2.39. The number of likely N-dealkylation sites (N-methyl/N-ethyl adjacent to an activating group) is 1. The summed E-state index contributed by atoms with van der Waals surface area (Å²) >= 11 is 0. The summed E-state index contributed by atoms with van der Waals surface area (Å²) < 4.78 is 5.48. The minimum atomic E-state index is -0.434. The summed E-state index contributed by atoms with van der Waals surface area (Å²) in [6.45, 7) is 12.0. The van der Waals surface area contributed by atoms with Crippen LogP contribution in [-0.4, -0.2) is 60.3 Å². The molecule has 0 aliphatic carbocycles. The number of nitrogens with two attached hydrogens (primary N) is 1. The van der Waals surface area contributed by atoms with E-state index in [1.54, 1.807) is 0 Å². The van der Waals surface area contributed by atoms with Gasteiger partial charge in [-0.15, -0.1) is 0 Å². The van der Waals surface area contributed by atoms with Crippen molar-refractivity contribution in [3.05, 3.63) is 0 Å². The van der Waals surface area contributed by atoms with Crippen LogP contribution in [0.2, 0.25) is 0 Å². The van der Waals surface area contributed by atoms with Gasteiger partial charge in [0.1, 0.15) is 5.60 Å². The molecule has 1 aliphatic heterocycles. The number of hydrogen-bond donors (Lipinski definition) is 1. The molecular weight excluding hydrogens is 242 g/mol. The lowest BCUT2D eigenvalue weighted by atomic mass is 10.0. The predicted octanol–water partition coefficient (Wildman–Crippen LogP) is 1.67. The fourth-order valence-electron chi connectivity index (χ4n) is 2.53. The van der Waals surface area contributed by atoms with Crippen LogP contribution in [0.25, 0.3) is 0 Å². The van der Waals surface area contributed by atoms with Crippen LogP contribution in [0.15, 0.2) is 0 Å². The molecule has 1 aliphatic rings. The van der Waals surface area contributed by atoms with Crippen molar-refractivity contribution in [2.24, 2.45) is 5.73 Å². The van der Waals surface area contributed by atoms with Crippen LogP contribution in [0.5, 0.6) is 0 Å². The second-order valence-corrected chi connectivity index (χ2v) is 6.15. The Kier molecular flexibility index (Phi) is 6.07. The Morgan fingerprint density at radius 2 is 2.16 bits per heavy atom. The maximum Gasteiger partial charge on any atom is 0.410 e. The molecule has 5 heteroatoms. The average molecular weight is 271 g/mol. The molecule has 0 saturated carbocycles. The second kappa shape index (κ2) is 7.10. The molecule has 0 aromatic heterocycles. The summed E-state index contributed by atoms with van der Waals surface area (Å²) in [7, 11) is 0. The van der Waals surface area contributed by atoms with E-state index in [1.165, 1.54) is 0 Å². The summed E-state index contributed by atoms with van der Waals surface area (Å²) in [5, 5.41) is 0. The fraction of sp³-hybridized carbons (Fsp3) is 0.929. The zero-order valence-electron chi connectivity index (χ0n) is 12.8. The van der Waals surface area contributed by atoms with E-state index in [4.69, 9.17) is 10.5 Å². The van der Waals surface area contributed by atoms with Crippen LogP contribution >= 0.6 is 0 Å². The van der Waals surface area contributed by atoms with Gasteiger partial charge in [-0.25, -0.2) is 4.79 Å². The molecule has 5 nitrogen and oxygen atoms in total. The highest BCUT2D eigenvalue weighted by molar-refractivity contribution is 5.68. The molecule has 0 aromatic carbocycles. The molecule has 1 fully saturated rings. The molecule has 1 atom stereocenters. The topological polar surface area (TPSA) is 58.8 Å². The van der Waals surface area contributed by atoms with Crippen LogP contribution in [-0.2, 0) is 4.74 Å². The van der Waals surface area contributed by atoms with Gasteiger partial charge in [-0.05, 0) is 47.1 Å². The van der Waals surface area contributed by atoms with Crippen LogP contribution in [0.1, 0.15) is 40.5 Å². The molecule has 2 N–H and O–H groups in total. The highest BCUT2D eigenvalue weighted by Gasteiger charge is 2.30. The Balaban J connectivity index is 2.60. The molecule has 1 unspecified atom stereocenters. The Bertz CT molecular complexity index is 287. The number of piperidine rings is 1. The monoisotopic (exact) mass is 271 g/mol. The Morgan fingerprint density at radius 3 is 2.68 bits per heavy atom. The second-order valence-electron chi connectivity index (χ2n) is 6.15. The van der Waals surface area contributed by atoms with E-state index in [-0.39, 0.29) is 12.1 Å². The minimum absolute atomic E-state index is 0.199. The van der Waals surface area contributed by atoms with Crippen molar-refractivity contribution >= 4 is 6.09 Å². The van der Waals surface area contributed by atoms with Gasteiger partial charge < -0.3 is 20.3 Å². The summed E-state index contributed by atoms with van der Waals surface area (Å²) in [5.74, 6) is 0. The molecule has 112 valence electrons. The lowest BCUT2D eigenvalue weighted by molar-refractivity contribution is 0.00798. The number of ether oxygens (including phenoxy) is 1. The highest BCUT2D eigenvalue weighted by atomic mass is 16.6. The van der Waals surface area contributed by atoms with Crippen LogP contribution < -0.4 is 5.73 Å². The largest absolute Gasteiger partial charge is 0.444 e.